The Morgan fingerprint density at radius 1 is 1.33 bits per heavy atom. The highest BCUT2D eigenvalue weighted by Crippen LogP contribution is 2.40. The lowest BCUT2D eigenvalue weighted by Gasteiger charge is -2.10. The first-order chi connectivity index (χ1) is 7.31. The van der Waals surface area contributed by atoms with Crippen molar-refractivity contribution in [1.29, 1.82) is 0 Å². The highest BCUT2D eigenvalue weighted by molar-refractivity contribution is 5.29. The van der Waals surface area contributed by atoms with Gasteiger partial charge in [-0.05, 0) is 42.9 Å². The second-order valence-electron chi connectivity index (χ2n) is 4.20. The Balaban J connectivity index is 1.96. The van der Waals surface area contributed by atoms with E-state index in [2.05, 4.69) is 6.92 Å². The lowest BCUT2D eigenvalue weighted by Crippen LogP contribution is -2.00. The normalized spacial score (nSPS) is 17.5. The first-order valence-electron chi connectivity index (χ1n) is 5.72. The third kappa shape index (κ3) is 2.72. The number of rotatable bonds is 5. The van der Waals surface area contributed by atoms with Crippen molar-refractivity contribution in [2.45, 2.75) is 32.3 Å². The number of aliphatic hydroxyl groups excluding tert-OH is 1. The number of benzene rings is 1. The van der Waals surface area contributed by atoms with E-state index in [-0.39, 0.29) is 6.10 Å². The Morgan fingerprint density at radius 3 is 2.53 bits per heavy atom. The average molecular weight is 206 g/mol. The minimum Gasteiger partial charge on any atom is -0.494 e. The van der Waals surface area contributed by atoms with Gasteiger partial charge in [0, 0.05) is 0 Å². The molecular weight excluding hydrogens is 188 g/mol. The van der Waals surface area contributed by atoms with Crippen LogP contribution in [-0.4, -0.2) is 11.7 Å². The van der Waals surface area contributed by atoms with Crippen LogP contribution in [0, 0.1) is 5.92 Å². The fourth-order valence-corrected chi connectivity index (χ4v) is 1.67. The van der Waals surface area contributed by atoms with Crippen LogP contribution in [0.4, 0.5) is 0 Å². The minimum absolute atomic E-state index is 0.273. The molecular formula is C13H18O2. The van der Waals surface area contributed by atoms with Crippen LogP contribution in [-0.2, 0) is 0 Å². The predicted molar refractivity (Wildman–Crippen MR) is 59.9 cm³/mol. The van der Waals surface area contributed by atoms with E-state index >= 15 is 0 Å². The molecule has 0 heterocycles. The highest BCUT2D eigenvalue weighted by Gasteiger charge is 2.30. The summed E-state index contributed by atoms with van der Waals surface area (Å²) in [6.45, 7) is 2.84. The summed E-state index contributed by atoms with van der Waals surface area (Å²) in [5.74, 6) is 1.39. The van der Waals surface area contributed by atoms with Crippen LogP contribution in [0.25, 0.3) is 0 Å². The van der Waals surface area contributed by atoms with Crippen molar-refractivity contribution in [3.63, 3.8) is 0 Å². The zero-order chi connectivity index (χ0) is 10.7. The van der Waals surface area contributed by atoms with Crippen molar-refractivity contribution in [3.8, 4) is 5.75 Å². The number of ether oxygens (including phenoxy) is 1. The van der Waals surface area contributed by atoms with Crippen LogP contribution in [0.1, 0.15) is 37.9 Å². The lowest BCUT2D eigenvalue weighted by molar-refractivity contribution is 0.153. The molecule has 1 unspecified atom stereocenters. The summed E-state index contributed by atoms with van der Waals surface area (Å²) < 4.78 is 5.48. The Kier molecular flexibility index (Phi) is 3.27. The smallest absolute Gasteiger partial charge is 0.119 e. The van der Waals surface area contributed by atoms with Gasteiger partial charge in [0.2, 0.25) is 0 Å². The zero-order valence-corrected chi connectivity index (χ0v) is 9.15. The monoisotopic (exact) mass is 206 g/mol. The molecule has 0 bridgehead atoms. The second-order valence-corrected chi connectivity index (χ2v) is 4.20. The minimum atomic E-state index is -0.273. The van der Waals surface area contributed by atoms with E-state index in [4.69, 9.17) is 4.74 Å². The molecule has 1 aromatic carbocycles. The van der Waals surface area contributed by atoms with E-state index in [9.17, 15) is 5.11 Å². The summed E-state index contributed by atoms with van der Waals surface area (Å²) >= 11 is 0. The molecule has 0 aliphatic heterocycles. The van der Waals surface area contributed by atoms with Crippen molar-refractivity contribution < 1.29 is 9.84 Å². The van der Waals surface area contributed by atoms with Gasteiger partial charge in [-0.15, -0.1) is 0 Å². The average Bonchev–Trinajstić information content (AvgIpc) is 3.10. The van der Waals surface area contributed by atoms with Gasteiger partial charge in [0.1, 0.15) is 5.75 Å². The van der Waals surface area contributed by atoms with Gasteiger partial charge in [0.05, 0.1) is 12.7 Å². The number of hydrogen-bond donors (Lipinski definition) is 1. The number of hydrogen-bond acceptors (Lipinski definition) is 2. The zero-order valence-electron chi connectivity index (χ0n) is 9.15. The summed E-state index contributed by atoms with van der Waals surface area (Å²) in [4.78, 5) is 0. The van der Waals surface area contributed by atoms with Gasteiger partial charge < -0.3 is 9.84 Å². The van der Waals surface area contributed by atoms with Crippen LogP contribution < -0.4 is 4.74 Å². The van der Waals surface area contributed by atoms with Crippen molar-refractivity contribution in [2.75, 3.05) is 6.61 Å². The van der Waals surface area contributed by atoms with Crippen molar-refractivity contribution in [3.05, 3.63) is 29.8 Å². The van der Waals surface area contributed by atoms with Gasteiger partial charge in [0.15, 0.2) is 0 Å². The van der Waals surface area contributed by atoms with E-state index in [1.807, 2.05) is 24.3 Å². The van der Waals surface area contributed by atoms with E-state index in [0.717, 1.165) is 37.2 Å². The van der Waals surface area contributed by atoms with Gasteiger partial charge in [-0.25, -0.2) is 0 Å². The number of aliphatic hydroxyl groups is 1. The van der Waals surface area contributed by atoms with E-state index in [1.165, 1.54) is 0 Å². The van der Waals surface area contributed by atoms with E-state index in [0.29, 0.717) is 5.92 Å². The Labute approximate surface area is 90.9 Å². The Bertz CT molecular complexity index is 301. The van der Waals surface area contributed by atoms with Gasteiger partial charge >= 0.3 is 0 Å². The second kappa shape index (κ2) is 4.67. The molecule has 1 N–H and O–H groups in total. The van der Waals surface area contributed by atoms with Crippen molar-refractivity contribution in [1.82, 2.24) is 0 Å². The lowest BCUT2D eigenvalue weighted by atomic mass is 10.1. The summed E-state index contributed by atoms with van der Waals surface area (Å²) in [5, 5.41) is 9.89. The largest absolute Gasteiger partial charge is 0.494 e. The SMILES string of the molecule is CCCOc1ccc(C(O)C2CC2)cc1. The van der Waals surface area contributed by atoms with Crippen LogP contribution in [0.2, 0.25) is 0 Å². The molecule has 15 heavy (non-hydrogen) atoms. The molecule has 2 heteroatoms. The molecule has 2 rings (SSSR count). The maximum atomic E-state index is 9.89. The molecule has 0 radical (unpaired) electrons. The van der Waals surface area contributed by atoms with Gasteiger partial charge in [0.25, 0.3) is 0 Å². The van der Waals surface area contributed by atoms with Crippen LogP contribution in [0.15, 0.2) is 24.3 Å². The summed E-state index contributed by atoms with van der Waals surface area (Å²) in [6.07, 6.45) is 3.07. The topological polar surface area (TPSA) is 29.5 Å². The molecule has 1 aliphatic carbocycles. The third-order valence-electron chi connectivity index (χ3n) is 2.76. The van der Waals surface area contributed by atoms with Crippen molar-refractivity contribution >= 4 is 0 Å². The van der Waals surface area contributed by atoms with Crippen molar-refractivity contribution in [2.24, 2.45) is 5.92 Å². The first-order valence-corrected chi connectivity index (χ1v) is 5.72. The molecule has 1 fully saturated rings. The fraction of sp³-hybridized carbons (Fsp3) is 0.538. The maximum Gasteiger partial charge on any atom is 0.119 e. The third-order valence-corrected chi connectivity index (χ3v) is 2.76. The van der Waals surface area contributed by atoms with Crippen LogP contribution in [0.3, 0.4) is 0 Å². The molecule has 1 aromatic rings. The summed E-state index contributed by atoms with van der Waals surface area (Å²) in [5.41, 5.74) is 1.02. The predicted octanol–water partition coefficient (Wildman–Crippen LogP) is 2.92. The molecule has 1 saturated carbocycles. The molecule has 0 aromatic heterocycles. The van der Waals surface area contributed by atoms with Crippen LogP contribution in [0.5, 0.6) is 5.75 Å². The molecule has 0 saturated heterocycles. The summed E-state index contributed by atoms with van der Waals surface area (Å²) in [6, 6.07) is 7.81. The molecule has 1 aliphatic rings. The standard InChI is InChI=1S/C13H18O2/c1-2-9-15-12-7-5-11(6-8-12)13(14)10-3-4-10/h5-8,10,13-14H,2-4,9H2,1H3. The Hall–Kier alpha value is -1.02. The quantitative estimate of drug-likeness (QED) is 0.802. The van der Waals surface area contributed by atoms with E-state index < -0.39 is 0 Å². The van der Waals surface area contributed by atoms with Gasteiger partial charge in [-0.3, -0.25) is 0 Å². The molecule has 1 atom stereocenters. The fourth-order valence-electron chi connectivity index (χ4n) is 1.67. The molecule has 0 spiro atoms. The van der Waals surface area contributed by atoms with E-state index in [1.54, 1.807) is 0 Å². The maximum absolute atomic E-state index is 9.89. The first kappa shape index (κ1) is 10.5. The summed E-state index contributed by atoms with van der Waals surface area (Å²) in [7, 11) is 0. The molecule has 2 nitrogen and oxygen atoms in total. The van der Waals surface area contributed by atoms with Gasteiger partial charge in [-0.1, -0.05) is 19.1 Å². The molecule has 82 valence electrons. The molecule has 0 amide bonds. The highest BCUT2D eigenvalue weighted by atomic mass is 16.5. The Morgan fingerprint density at radius 2 is 2.00 bits per heavy atom. The van der Waals surface area contributed by atoms with Gasteiger partial charge in [-0.2, -0.15) is 0 Å². The van der Waals surface area contributed by atoms with Crippen LogP contribution >= 0.6 is 0 Å².